The molecule has 136 valence electrons. The first-order chi connectivity index (χ1) is 12.4. The Bertz CT molecular complexity index is 924. The number of benzene rings is 2. The number of rotatable bonds is 5. The van der Waals surface area contributed by atoms with Crippen LogP contribution in [0.3, 0.4) is 0 Å². The first-order valence-electron chi connectivity index (χ1n) is 7.39. The topological polar surface area (TPSA) is 65.2 Å². The highest BCUT2D eigenvalue weighted by Crippen LogP contribution is 2.29. The van der Waals surface area contributed by atoms with Gasteiger partial charge in [0.05, 0.1) is 23.7 Å². The van der Waals surface area contributed by atoms with Crippen molar-refractivity contribution in [2.24, 2.45) is 0 Å². The van der Waals surface area contributed by atoms with Gasteiger partial charge in [0.15, 0.2) is 0 Å². The van der Waals surface area contributed by atoms with E-state index in [4.69, 9.17) is 4.74 Å². The lowest BCUT2D eigenvalue weighted by Gasteiger charge is -2.05. The molecule has 26 heavy (non-hydrogen) atoms. The van der Waals surface area contributed by atoms with E-state index in [1.165, 1.54) is 12.1 Å². The number of halogens is 3. The summed E-state index contributed by atoms with van der Waals surface area (Å²) in [6.07, 6.45) is -4.71. The molecule has 0 aliphatic rings. The molecular weight excluding hydrogens is 369 g/mol. The molecule has 1 aromatic heterocycles. The summed E-state index contributed by atoms with van der Waals surface area (Å²) in [6, 6.07) is 13.4. The van der Waals surface area contributed by atoms with Crippen LogP contribution in [0.15, 0.2) is 57.9 Å². The Morgan fingerprint density at radius 3 is 2.50 bits per heavy atom. The normalized spacial score (nSPS) is 12.8. The Balaban J connectivity index is 1.79. The third-order valence-electron chi connectivity index (χ3n) is 3.48. The van der Waals surface area contributed by atoms with Crippen molar-refractivity contribution in [1.29, 1.82) is 0 Å². The van der Waals surface area contributed by atoms with Gasteiger partial charge in [-0.2, -0.15) is 18.2 Å². The molecule has 5 nitrogen and oxygen atoms in total. The maximum Gasteiger partial charge on any atom is 0.471 e. The summed E-state index contributed by atoms with van der Waals surface area (Å²) in [7, 11) is 0.170. The molecule has 0 aliphatic carbocycles. The van der Waals surface area contributed by atoms with E-state index in [9.17, 15) is 17.4 Å². The SMILES string of the molecule is COc1ccc(CS(=O)c2cccc(-c3noc(C(F)(F)F)n3)c2)cc1. The molecule has 0 N–H and O–H groups in total. The minimum Gasteiger partial charge on any atom is -0.497 e. The van der Waals surface area contributed by atoms with E-state index in [1.54, 1.807) is 43.5 Å². The van der Waals surface area contributed by atoms with Crippen LogP contribution in [0.5, 0.6) is 5.75 Å². The van der Waals surface area contributed by atoms with Crippen LogP contribution in [0.1, 0.15) is 11.5 Å². The molecule has 0 radical (unpaired) electrons. The van der Waals surface area contributed by atoms with Gasteiger partial charge in [-0.3, -0.25) is 4.21 Å². The van der Waals surface area contributed by atoms with E-state index in [0.717, 1.165) is 5.56 Å². The fourth-order valence-electron chi connectivity index (χ4n) is 2.19. The van der Waals surface area contributed by atoms with Crippen molar-refractivity contribution in [3.63, 3.8) is 0 Å². The van der Waals surface area contributed by atoms with Gasteiger partial charge in [0, 0.05) is 10.5 Å². The highest BCUT2D eigenvalue weighted by Gasteiger charge is 2.38. The largest absolute Gasteiger partial charge is 0.497 e. The monoisotopic (exact) mass is 382 g/mol. The van der Waals surface area contributed by atoms with Gasteiger partial charge in [-0.05, 0) is 29.8 Å². The lowest BCUT2D eigenvalue weighted by Crippen LogP contribution is -2.04. The van der Waals surface area contributed by atoms with Gasteiger partial charge >= 0.3 is 12.1 Å². The second kappa shape index (κ2) is 7.28. The fourth-order valence-corrected chi connectivity index (χ4v) is 3.34. The minimum atomic E-state index is -4.71. The van der Waals surface area contributed by atoms with Gasteiger partial charge in [-0.1, -0.05) is 29.4 Å². The summed E-state index contributed by atoms with van der Waals surface area (Å²) in [6.45, 7) is 0. The van der Waals surface area contributed by atoms with Crippen LogP contribution >= 0.6 is 0 Å². The molecule has 2 aromatic carbocycles. The van der Waals surface area contributed by atoms with Crippen LogP contribution in [-0.2, 0) is 22.7 Å². The average molecular weight is 382 g/mol. The summed E-state index contributed by atoms with van der Waals surface area (Å²) in [5.74, 6) is -0.676. The Morgan fingerprint density at radius 2 is 1.88 bits per heavy atom. The molecular formula is C17H13F3N2O3S. The zero-order valence-electron chi connectivity index (χ0n) is 13.5. The molecule has 0 saturated carbocycles. The molecule has 1 heterocycles. The van der Waals surface area contributed by atoms with Crippen LogP contribution < -0.4 is 4.74 Å². The van der Waals surface area contributed by atoms with E-state index in [-0.39, 0.29) is 11.6 Å². The highest BCUT2D eigenvalue weighted by atomic mass is 32.2. The number of methoxy groups -OCH3 is 1. The van der Waals surface area contributed by atoms with Crippen molar-refractivity contribution < 1.29 is 26.6 Å². The third-order valence-corrected chi connectivity index (χ3v) is 4.86. The summed E-state index contributed by atoms with van der Waals surface area (Å²) in [4.78, 5) is 3.79. The van der Waals surface area contributed by atoms with Crippen molar-refractivity contribution in [1.82, 2.24) is 10.1 Å². The van der Waals surface area contributed by atoms with E-state index in [1.807, 2.05) is 0 Å². The van der Waals surface area contributed by atoms with E-state index < -0.39 is 22.9 Å². The first kappa shape index (κ1) is 18.1. The minimum absolute atomic E-state index is 0.208. The van der Waals surface area contributed by atoms with Crippen LogP contribution in [0.2, 0.25) is 0 Å². The number of aromatic nitrogens is 2. The third kappa shape index (κ3) is 4.10. The molecule has 0 bridgehead atoms. The number of alkyl halides is 3. The first-order valence-corrected chi connectivity index (χ1v) is 8.71. The second-order valence-corrected chi connectivity index (χ2v) is 6.74. The van der Waals surface area contributed by atoms with Crippen LogP contribution in [0.25, 0.3) is 11.4 Å². The lowest BCUT2D eigenvalue weighted by molar-refractivity contribution is -0.159. The summed E-state index contributed by atoms with van der Waals surface area (Å²) in [5, 5.41) is 3.34. The molecule has 0 spiro atoms. The maximum absolute atomic E-state index is 12.6. The molecule has 1 atom stereocenters. The predicted molar refractivity (Wildman–Crippen MR) is 87.8 cm³/mol. The Morgan fingerprint density at radius 1 is 1.15 bits per heavy atom. The molecule has 0 aliphatic heterocycles. The standard InChI is InChI=1S/C17H13F3N2O3S/c1-24-13-7-5-11(6-8-13)10-26(23)14-4-2-3-12(9-14)15-21-16(25-22-15)17(18,19)20/h2-9H,10H2,1H3. The summed E-state index contributed by atoms with van der Waals surface area (Å²) in [5.41, 5.74) is 1.14. The molecule has 0 saturated heterocycles. The van der Waals surface area contributed by atoms with Gasteiger partial charge in [-0.25, -0.2) is 0 Å². The number of hydrogen-bond acceptors (Lipinski definition) is 5. The van der Waals surface area contributed by atoms with Gasteiger partial charge in [0.2, 0.25) is 5.82 Å². The Labute approximate surface area is 149 Å². The molecule has 3 rings (SSSR count). The van der Waals surface area contributed by atoms with Crippen molar-refractivity contribution in [3.8, 4) is 17.1 Å². The second-order valence-electron chi connectivity index (χ2n) is 5.29. The predicted octanol–water partition coefficient (Wildman–Crippen LogP) is 4.07. The highest BCUT2D eigenvalue weighted by molar-refractivity contribution is 7.84. The number of nitrogens with zero attached hydrogens (tertiary/aromatic N) is 2. The molecule has 9 heteroatoms. The maximum atomic E-state index is 12.6. The van der Waals surface area contributed by atoms with Crippen molar-refractivity contribution >= 4 is 10.8 Å². The molecule has 0 amide bonds. The Hall–Kier alpha value is -2.68. The quantitative estimate of drug-likeness (QED) is 0.666. The van der Waals surface area contributed by atoms with E-state index >= 15 is 0 Å². The van der Waals surface area contributed by atoms with Crippen LogP contribution in [0, 0.1) is 0 Å². The lowest BCUT2D eigenvalue weighted by atomic mass is 10.2. The van der Waals surface area contributed by atoms with Crippen LogP contribution in [-0.4, -0.2) is 21.5 Å². The Kier molecular flexibility index (Phi) is 5.08. The summed E-state index contributed by atoms with van der Waals surface area (Å²) < 4.78 is 59.6. The number of ether oxygens (including phenoxy) is 1. The van der Waals surface area contributed by atoms with Crippen molar-refractivity contribution in [3.05, 3.63) is 60.0 Å². The average Bonchev–Trinajstić information content (AvgIpc) is 3.13. The van der Waals surface area contributed by atoms with Gasteiger partial charge in [-0.15, -0.1) is 0 Å². The van der Waals surface area contributed by atoms with Gasteiger partial charge in [0.1, 0.15) is 5.75 Å². The van der Waals surface area contributed by atoms with E-state index in [0.29, 0.717) is 16.2 Å². The van der Waals surface area contributed by atoms with Crippen molar-refractivity contribution in [2.75, 3.05) is 7.11 Å². The van der Waals surface area contributed by atoms with Crippen molar-refractivity contribution in [2.45, 2.75) is 16.8 Å². The van der Waals surface area contributed by atoms with Crippen LogP contribution in [0.4, 0.5) is 13.2 Å². The molecule has 3 aromatic rings. The van der Waals surface area contributed by atoms with Gasteiger partial charge < -0.3 is 9.26 Å². The zero-order valence-corrected chi connectivity index (χ0v) is 14.3. The number of hydrogen-bond donors (Lipinski definition) is 0. The summed E-state index contributed by atoms with van der Waals surface area (Å²) >= 11 is 0. The fraction of sp³-hybridized carbons (Fsp3) is 0.176. The van der Waals surface area contributed by atoms with E-state index in [2.05, 4.69) is 14.7 Å². The smallest absolute Gasteiger partial charge is 0.471 e. The molecule has 0 fully saturated rings. The van der Waals surface area contributed by atoms with Gasteiger partial charge in [0.25, 0.3) is 0 Å². The molecule has 1 unspecified atom stereocenters. The zero-order chi connectivity index (χ0) is 18.7.